The maximum absolute atomic E-state index is 13.9. The van der Waals surface area contributed by atoms with Gasteiger partial charge in [-0.25, -0.2) is 9.18 Å². The van der Waals surface area contributed by atoms with Crippen LogP contribution in [0.5, 0.6) is 0 Å². The summed E-state index contributed by atoms with van der Waals surface area (Å²) < 4.78 is 27.5. The van der Waals surface area contributed by atoms with E-state index in [1.807, 2.05) is 35.8 Å². The fourth-order valence-electron chi connectivity index (χ4n) is 5.06. The SMILES string of the molecule is COC(=O)C(O)c1c(-c2ccc(C)cc2)c2c3c(n(Cc4ccc(F)cc4)c2c(=O)n1C)CCOC3. The van der Waals surface area contributed by atoms with Gasteiger partial charge in [0.2, 0.25) is 0 Å². The van der Waals surface area contributed by atoms with E-state index >= 15 is 0 Å². The molecule has 1 atom stereocenters. The molecule has 5 rings (SSSR count). The summed E-state index contributed by atoms with van der Waals surface area (Å²) in [6.07, 6.45) is -1.06. The van der Waals surface area contributed by atoms with Crippen LogP contribution in [0.1, 0.15) is 34.2 Å². The number of esters is 1. The summed E-state index contributed by atoms with van der Waals surface area (Å²) in [4.78, 5) is 26.3. The Hall–Kier alpha value is -3.75. The number of halogens is 1. The maximum Gasteiger partial charge on any atom is 0.340 e. The van der Waals surface area contributed by atoms with Crippen LogP contribution < -0.4 is 5.56 Å². The third kappa shape index (κ3) is 3.92. The van der Waals surface area contributed by atoms with Crippen molar-refractivity contribution in [3.63, 3.8) is 0 Å². The lowest BCUT2D eigenvalue weighted by Crippen LogP contribution is -2.28. The number of hydrogen-bond donors (Lipinski definition) is 1. The molecule has 4 aromatic rings. The Balaban J connectivity index is 1.90. The fraction of sp³-hybridized carbons (Fsp3) is 0.286. The zero-order valence-corrected chi connectivity index (χ0v) is 20.4. The van der Waals surface area contributed by atoms with Crippen LogP contribution in [-0.2, 0) is 40.9 Å². The minimum Gasteiger partial charge on any atom is -0.467 e. The van der Waals surface area contributed by atoms with Crippen molar-refractivity contribution in [1.29, 1.82) is 0 Å². The summed E-state index contributed by atoms with van der Waals surface area (Å²) in [5.41, 5.74) is 5.31. The first kappa shape index (κ1) is 24.0. The number of benzene rings is 2. The van der Waals surface area contributed by atoms with Crippen LogP contribution in [-0.4, -0.2) is 33.9 Å². The van der Waals surface area contributed by atoms with Gasteiger partial charge in [-0.3, -0.25) is 4.79 Å². The number of aliphatic hydroxyl groups is 1. The molecular weight excluding hydrogens is 463 g/mol. The molecule has 1 N–H and O–H groups in total. The zero-order chi connectivity index (χ0) is 25.6. The Labute approximate surface area is 207 Å². The summed E-state index contributed by atoms with van der Waals surface area (Å²) >= 11 is 0. The van der Waals surface area contributed by atoms with E-state index in [1.54, 1.807) is 19.2 Å². The third-order valence-electron chi connectivity index (χ3n) is 6.86. The number of ether oxygens (including phenoxy) is 2. The highest BCUT2D eigenvalue weighted by atomic mass is 19.1. The standard InChI is InChI=1S/C28H27FN2O5/c1-16-4-8-18(9-5-16)22-23-20-15-36-13-12-21(20)31(14-17-6-10-19(29)11-7-17)25(23)27(33)30(2)24(22)26(32)28(34)35-3/h4-11,26,32H,12-15H2,1-3H3. The van der Waals surface area contributed by atoms with Crippen molar-refractivity contribution >= 4 is 16.9 Å². The molecular formula is C28H27FN2O5. The quantitative estimate of drug-likeness (QED) is 0.431. The molecule has 8 heteroatoms. The largest absolute Gasteiger partial charge is 0.467 e. The highest BCUT2D eigenvalue weighted by molar-refractivity contribution is 6.01. The molecule has 0 bridgehead atoms. The predicted octanol–water partition coefficient (Wildman–Crippen LogP) is 3.78. The van der Waals surface area contributed by atoms with E-state index in [2.05, 4.69) is 0 Å². The lowest BCUT2D eigenvalue weighted by atomic mass is 9.93. The second kappa shape index (κ2) is 9.37. The van der Waals surface area contributed by atoms with E-state index in [0.717, 1.165) is 27.9 Å². The normalized spacial score (nSPS) is 14.0. The first-order valence-electron chi connectivity index (χ1n) is 11.7. The van der Waals surface area contributed by atoms with Crippen molar-refractivity contribution in [2.45, 2.75) is 32.6 Å². The van der Waals surface area contributed by atoms with E-state index < -0.39 is 12.1 Å². The first-order valence-corrected chi connectivity index (χ1v) is 11.7. The number of carbonyl (C=O) groups excluding carboxylic acids is 1. The van der Waals surface area contributed by atoms with Crippen molar-refractivity contribution in [3.05, 3.63) is 92.8 Å². The molecule has 1 unspecified atom stereocenters. The fourth-order valence-corrected chi connectivity index (χ4v) is 5.06. The van der Waals surface area contributed by atoms with Crippen LogP contribution in [0, 0.1) is 12.7 Å². The molecule has 36 heavy (non-hydrogen) atoms. The number of pyridine rings is 1. The average Bonchev–Trinajstić information content (AvgIpc) is 3.21. The Morgan fingerprint density at radius 3 is 2.53 bits per heavy atom. The van der Waals surface area contributed by atoms with Crippen LogP contribution >= 0.6 is 0 Å². The van der Waals surface area contributed by atoms with E-state index in [9.17, 15) is 19.1 Å². The van der Waals surface area contributed by atoms with E-state index in [4.69, 9.17) is 9.47 Å². The van der Waals surface area contributed by atoms with Crippen LogP contribution in [0.15, 0.2) is 53.3 Å². The molecule has 0 spiro atoms. The average molecular weight is 491 g/mol. The smallest absolute Gasteiger partial charge is 0.340 e. The summed E-state index contributed by atoms with van der Waals surface area (Å²) in [7, 11) is 2.74. The Kier molecular flexibility index (Phi) is 6.24. The molecule has 0 saturated heterocycles. The van der Waals surface area contributed by atoms with Crippen molar-refractivity contribution in [2.24, 2.45) is 7.05 Å². The molecule has 3 heterocycles. The highest BCUT2D eigenvalue weighted by Gasteiger charge is 2.32. The number of methoxy groups -OCH3 is 1. The Morgan fingerprint density at radius 2 is 1.86 bits per heavy atom. The summed E-state index contributed by atoms with van der Waals surface area (Å²) in [5, 5.41) is 11.7. The van der Waals surface area contributed by atoms with Gasteiger partial charge in [0.1, 0.15) is 11.3 Å². The minimum absolute atomic E-state index is 0.163. The summed E-state index contributed by atoms with van der Waals surface area (Å²) in [6, 6.07) is 13.9. The molecule has 0 fully saturated rings. The number of aromatic nitrogens is 2. The van der Waals surface area contributed by atoms with Crippen LogP contribution in [0.3, 0.4) is 0 Å². The number of aryl methyl sites for hydroxylation is 1. The summed E-state index contributed by atoms with van der Waals surface area (Å²) in [6.45, 7) is 3.14. The van der Waals surface area contributed by atoms with Gasteiger partial charge in [0.05, 0.1) is 26.0 Å². The second-order valence-electron chi connectivity index (χ2n) is 9.08. The van der Waals surface area contributed by atoms with Crippen LogP contribution in [0.25, 0.3) is 22.0 Å². The predicted molar refractivity (Wildman–Crippen MR) is 133 cm³/mol. The topological polar surface area (TPSA) is 82.7 Å². The summed E-state index contributed by atoms with van der Waals surface area (Å²) in [5.74, 6) is -1.18. The van der Waals surface area contributed by atoms with Gasteiger partial charge in [0.15, 0.2) is 6.10 Å². The van der Waals surface area contributed by atoms with Crippen molar-refractivity contribution in [2.75, 3.05) is 13.7 Å². The number of hydrogen-bond acceptors (Lipinski definition) is 5. The van der Waals surface area contributed by atoms with Gasteiger partial charge >= 0.3 is 5.97 Å². The number of aliphatic hydroxyl groups excluding tert-OH is 1. The lowest BCUT2D eigenvalue weighted by Gasteiger charge is -2.20. The number of nitrogens with zero attached hydrogens (tertiary/aromatic N) is 2. The van der Waals surface area contributed by atoms with Gasteiger partial charge in [0, 0.05) is 42.2 Å². The van der Waals surface area contributed by atoms with Crippen molar-refractivity contribution < 1.29 is 23.8 Å². The van der Waals surface area contributed by atoms with Gasteiger partial charge in [-0.1, -0.05) is 42.0 Å². The van der Waals surface area contributed by atoms with E-state index in [1.165, 1.54) is 23.8 Å². The molecule has 186 valence electrons. The van der Waals surface area contributed by atoms with Crippen LogP contribution in [0.2, 0.25) is 0 Å². The molecule has 1 aliphatic rings. The molecule has 0 saturated carbocycles. The van der Waals surface area contributed by atoms with Gasteiger partial charge in [-0.15, -0.1) is 0 Å². The Morgan fingerprint density at radius 1 is 1.17 bits per heavy atom. The zero-order valence-electron chi connectivity index (χ0n) is 20.4. The Bertz CT molecular complexity index is 1520. The lowest BCUT2D eigenvalue weighted by molar-refractivity contribution is -0.151. The van der Waals surface area contributed by atoms with Gasteiger partial charge in [-0.05, 0) is 30.2 Å². The molecule has 2 aromatic carbocycles. The highest BCUT2D eigenvalue weighted by Crippen LogP contribution is 2.40. The van der Waals surface area contributed by atoms with E-state index in [-0.39, 0.29) is 17.1 Å². The molecule has 7 nitrogen and oxygen atoms in total. The number of rotatable bonds is 5. The monoisotopic (exact) mass is 490 g/mol. The maximum atomic E-state index is 13.9. The second-order valence-corrected chi connectivity index (χ2v) is 9.08. The van der Waals surface area contributed by atoms with Crippen LogP contribution in [0.4, 0.5) is 4.39 Å². The minimum atomic E-state index is -1.66. The van der Waals surface area contributed by atoms with Crippen molar-refractivity contribution in [3.8, 4) is 11.1 Å². The molecule has 0 radical (unpaired) electrons. The molecule has 1 aliphatic heterocycles. The van der Waals surface area contributed by atoms with E-state index in [0.29, 0.717) is 42.6 Å². The molecule has 0 aliphatic carbocycles. The third-order valence-corrected chi connectivity index (χ3v) is 6.86. The number of fused-ring (bicyclic) bond motifs is 3. The molecule has 0 amide bonds. The van der Waals surface area contributed by atoms with Gasteiger partial charge in [-0.2, -0.15) is 0 Å². The van der Waals surface area contributed by atoms with Gasteiger partial charge in [0.25, 0.3) is 5.56 Å². The van der Waals surface area contributed by atoms with Crippen molar-refractivity contribution in [1.82, 2.24) is 9.13 Å². The number of carbonyl (C=O) groups is 1. The molecule has 2 aromatic heterocycles. The van der Waals surface area contributed by atoms with Gasteiger partial charge < -0.3 is 23.7 Å². The first-order chi connectivity index (χ1) is 17.3.